The second-order valence-electron chi connectivity index (χ2n) is 6.59. The molecule has 26 heavy (non-hydrogen) atoms. The summed E-state index contributed by atoms with van der Waals surface area (Å²) in [7, 11) is 0. The Labute approximate surface area is 154 Å². The molecule has 2 aromatic carbocycles. The maximum absolute atomic E-state index is 12.9. The Morgan fingerprint density at radius 1 is 0.923 bits per heavy atom. The van der Waals surface area contributed by atoms with Gasteiger partial charge in [-0.1, -0.05) is 24.3 Å². The van der Waals surface area contributed by atoms with Crippen molar-refractivity contribution in [1.82, 2.24) is 4.90 Å². The molecule has 0 saturated carbocycles. The zero-order valence-electron chi connectivity index (χ0n) is 15.5. The third-order valence-corrected chi connectivity index (χ3v) is 4.85. The van der Waals surface area contributed by atoms with Gasteiger partial charge in [0.25, 0.3) is 5.91 Å². The van der Waals surface area contributed by atoms with Crippen LogP contribution in [-0.2, 0) is 4.79 Å². The fourth-order valence-electron chi connectivity index (χ4n) is 3.29. The molecule has 1 saturated heterocycles. The third-order valence-electron chi connectivity index (χ3n) is 4.85. The predicted octanol–water partition coefficient (Wildman–Crippen LogP) is 3.19. The topological polar surface area (TPSA) is 49.9 Å². The SMILES string of the molecule is CC(=O)Oc1ccccc1C(=O)N1CCN(c2cccc(C)c2C)CC1. The number of carbonyl (C=O) groups is 2. The molecule has 1 fully saturated rings. The number of hydrogen-bond donors (Lipinski definition) is 0. The van der Waals surface area contributed by atoms with Gasteiger partial charge in [0.05, 0.1) is 5.56 Å². The fourth-order valence-corrected chi connectivity index (χ4v) is 3.29. The van der Waals surface area contributed by atoms with Crippen molar-refractivity contribution >= 4 is 17.6 Å². The van der Waals surface area contributed by atoms with E-state index in [1.165, 1.54) is 23.7 Å². The molecule has 5 nitrogen and oxygen atoms in total. The van der Waals surface area contributed by atoms with Gasteiger partial charge in [-0.3, -0.25) is 9.59 Å². The molecule has 0 unspecified atom stereocenters. The maximum Gasteiger partial charge on any atom is 0.308 e. The Morgan fingerprint density at radius 2 is 1.62 bits per heavy atom. The Bertz CT molecular complexity index is 824. The van der Waals surface area contributed by atoms with Crippen molar-refractivity contribution in [3.63, 3.8) is 0 Å². The Kier molecular flexibility index (Phi) is 5.26. The molecular formula is C21H24N2O3. The van der Waals surface area contributed by atoms with Crippen LogP contribution in [0.15, 0.2) is 42.5 Å². The number of esters is 1. The van der Waals surface area contributed by atoms with Crippen LogP contribution in [0.1, 0.15) is 28.4 Å². The highest BCUT2D eigenvalue weighted by Gasteiger charge is 2.25. The number of amides is 1. The van der Waals surface area contributed by atoms with Gasteiger partial charge in [0.1, 0.15) is 5.75 Å². The minimum absolute atomic E-state index is 0.0949. The van der Waals surface area contributed by atoms with Crippen molar-refractivity contribution in [3.8, 4) is 5.75 Å². The summed E-state index contributed by atoms with van der Waals surface area (Å²) in [5, 5.41) is 0. The number of aryl methyl sites for hydroxylation is 1. The van der Waals surface area contributed by atoms with Crippen LogP contribution in [0.2, 0.25) is 0 Å². The molecule has 136 valence electrons. The van der Waals surface area contributed by atoms with E-state index in [1.807, 2.05) is 4.90 Å². The lowest BCUT2D eigenvalue weighted by Gasteiger charge is -2.37. The van der Waals surface area contributed by atoms with Crippen LogP contribution in [-0.4, -0.2) is 43.0 Å². The molecule has 2 aromatic rings. The summed E-state index contributed by atoms with van der Waals surface area (Å²) in [5.74, 6) is -0.200. The number of ether oxygens (including phenoxy) is 1. The van der Waals surface area contributed by atoms with Crippen LogP contribution in [0.3, 0.4) is 0 Å². The Morgan fingerprint density at radius 3 is 2.31 bits per heavy atom. The highest BCUT2D eigenvalue weighted by molar-refractivity contribution is 5.97. The smallest absolute Gasteiger partial charge is 0.308 e. The van der Waals surface area contributed by atoms with Crippen molar-refractivity contribution < 1.29 is 14.3 Å². The molecule has 0 bridgehead atoms. The quantitative estimate of drug-likeness (QED) is 0.629. The van der Waals surface area contributed by atoms with E-state index in [0.717, 1.165) is 13.1 Å². The van der Waals surface area contributed by atoms with E-state index < -0.39 is 5.97 Å². The van der Waals surface area contributed by atoms with E-state index in [2.05, 4.69) is 36.9 Å². The van der Waals surface area contributed by atoms with Crippen LogP contribution in [0.25, 0.3) is 0 Å². The van der Waals surface area contributed by atoms with Gasteiger partial charge < -0.3 is 14.5 Å². The second kappa shape index (κ2) is 7.60. The maximum atomic E-state index is 12.9. The molecule has 3 rings (SSSR count). The van der Waals surface area contributed by atoms with Gasteiger partial charge >= 0.3 is 5.97 Å². The number of para-hydroxylation sites is 1. The van der Waals surface area contributed by atoms with Gasteiger partial charge in [0.2, 0.25) is 0 Å². The number of nitrogens with zero attached hydrogens (tertiary/aromatic N) is 2. The van der Waals surface area contributed by atoms with Crippen LogP contribution >= 0.6 is 0 Å². The lowest BCUT2D eigenvalue weighted by molar-refractivity contribution is -0.131. The van der Waals surface area contributed by atoms with Crippen molar-refractivity contribution in [1.29, 1.82) is 0 Å². The fraction of sp³-hybridized carbons (Fsp3) is 0.333. The van der Waals surface area contributed by atoms with Gasteiger partial charge in [-0.15, -0.1) is 0 Å². The van der Waals surface area contributed by atoms with E-state index in [9.17, 15) is 9.59 Å². The molecule has 1 aliphatic heterocycles. The first kappa shape index (κ1) is 18.0. The molecule has 1 aliphatic rings. The molecule has 0 atom stereocenters. The summed E-state index contributed by atoms with van der Waals surface area (Å²) in [5.41, 5.74) is 4.23. The first-order chi connectivity index (χ1) is 12.5. The molecule has 0 spiro atoms. The van der Waals surface area contributed by atoms with E-state index in [-0.39, 0.29) is 5.91 Å². The summed E-state index contributed by atoms with van der Waals surface area (Å²) >= 11 is 0. The molecule has 0 aromatic heterocycles. The standard InChI is InChI=1S/C21H24N2O3/c1-15-7-6-9-19(16(15)2)22-11-13-23(14-12-22)21(25)18-8-4-5-10-20(18)26-17(3)24/h4-10H,11-14H2,1-3H3. The Hall–Kier alpha value is -2.82. The van der Waals surface area contributed by atoms with Crippen LogP contribution in [0, 0.1) is 13.8 Å². The summed E-state index contributed by atoms with van der Waals surface area (Å²) < 4.78 is 5.18. The van der Waals surface area contributed by atoms with Gasteiger partial charge in [-0.05, 0) is 43.2 Å². The lowest BCUT2D eigenvalue weighted by atomic mass is 10.1. The second-order valence-corrected chi connectivity index (χ2v) is 6.59. The highest BCUT2D eigenvalue weighted by atomic mass is 16.5. The van der Waals surface area contributed by atoms with Gasteiger partial charge in [-0.25, -0.2) is 0 Å². The molecular weight excluding hydrogens is 328 g/mol. The van der Waals surface area contributed by atoms with Crippen LogP contribution in [0.4, 0.5) is 5.69 Å². The molecule has 1 heterocycles. The molecule has 5 heteroatoms. The summed E-state index contributed by atoms with van der Waals surface area (Å²) in [6, 6.07) is 13.2. The molecule has 0 radical (unpaired) electrons. The van der Waals surface area contributed by atoms with E-state index in [1.54, 1.807) is 24.3 Å². The zero-order chi connectivity index (χ0) is 18.7. The average Bonchev–Trinajstić information content (AvgIpc) is 2.64. The summed E-state index contributed by atoms with van der Waals surface area (Å²) in [6.07, 6.45) is 0. The number of piperazine rings is 1. The van der Waals surface area contributed by atoms with E-state index in [4.69, 9.17) is 4.74 Å². The minimum Gasteiger partial charge on any atom is -0.426 e. The monoisotopic (exact) mass is 352 g/mol. The molecule has 1 amide bonds. The molecule has 0 N–H and O–H groups in total. The molecule has 0 aliphatic carbocycles. The largest absolute Gasteiger partial charge is 0.426 e. The van der Waals surface area contributed by atoms with Gasteiger partial charge in [-0.2, -0.15) is 0 Å². The van der Waals surface area contributed by atoms with Crippen LogP contribution < -0.4 is 9.64 Å². The average molecular weight is 352 g/mol. The summed E-state index contributed by atoms with van der Waals surface area (Å²) in [6.45, 7) is 8.44. The zero-order valence-corrected chi connectivity index (χ0v) is 15.5. The number of rotatable bonds is 3. The summed E-state index contributed by atoms with van der Waals surface area (Å²) in [4.78, 5) is 28.3. The third kappa shape index (κ3) is 3.72. The number of hydrogen-bond acceptors (Lipinski definition) is 4. The number of anilines is 1. The van der Waals surface area contributed by atoms with Gasteiger partial charge in [0.15, 0.2) is 0 Å². The van der Waals surface area contributed by atoms with E-state index >= 15 is 0 Å². The van der Waals surface area contributed by atoms with Crippen molar-refractivity contribution in [3.05, 3.63) is 59.2 Å². The predicted molar refractivity (Wildman–Crippen MR) is 102 cm³/mol. The van der Waals surface area contributed by atoms with Crippen LogP contribution in [0.5, 0.6) is 5.75 Å². The minimum atomic E-state index is -0.426. The number of benzene rings is 2. The first-order valence-corrected chi connectivity index (χ1v) is 8.85. The first-order valence-electron chi connectivity index (χ1n) is 8.85. The lowest BCUT2D eigenvalue weighted by Crippen LogP contribution is -2.49. The normalized spacial score (nSPS) is 14.3. The van der Waals surface area contributed by atoms with E-state index in [0.29, 0.717) is 24.4 Å². The highest BCUT2D eigenvalue weighted by Crippen LogP contribution is 2.25. The van der Waals surface area contributed by atoms with Crippen molar-refractivity contribution in [2.75, 3.05) is 31.1 Å². The number of carbonyl (C=O) groups excluding carboxylic acids is 2. The van der Waals surface area contributed by atoms with Crippen molar-refractivity contribution in [2.24, 2.45) is 0 Å². The Balaban J connectivity index is 1.71. The van der Waals surface area contributed by atoms with Crippen molar-refractivity contribution in [2.45, 2.75) is 20.8 Å². The van der Waals surface area contributed by atoms with Gasteiger partial charge in [0, 0.05) is 38.8 Å².